The lowest BCUT2D eigenvalue weighted by molar-refractivity contribution is -0.775. The van der Waals surface area contributed by atoms with Gasteiger partial charge in [-0.3, -0.25) is 0 Å². The molecule has 1 N–H and O–H groups in total. The van der Waals surface area contributed by atoms with Crippen molar-refractivity contribution in [3.8, 4) is 0 Å². The van der Waals surface area contributed by atoms with E-state index in [4.69, 9.17) is 5.11 Å². The summed E-state index contributed by atoms with van der Waals surface area (Å²) in [5.74, 6) is -0.482. The number of carbonyl (C=O) groups is 1. The van der Waals surface area contributed by atoms with Gasteiger partial charge in [0.1, 0.15) is 6.54 Å². The van der Waals surface area contributed by atoms with Crippen LogP contribution in [0.2, 0.25) is 0 Å². The normalized spacial score (nSPS) is 19.1. The maximum Gasteiger partial charge on any atom is 0.360 e. The molecular formula is C23H44N2O3. The quantitative estimate of drug-likeness (QED) is 0.155. The topological polar surface area (TPSA) is 72.7 Å². The van der Waals surface area contributed by atoms with Gasteiger partial charge in [0.25, 0.3) is 0 Å². The Morgan fingerprint density at radius 3 is 1.71 bits per heavy atom. The van der Waals surface area contributed by atoms with Gasteiger partial charge in [0.15, 0.2) is 12.4 Å². The minimum atomic E-state index is -1.03. The molecule has 5 heteroatoms. The fraction of sp³-hybridized carbons (Fsp3) is 0.913. The summed E-state index contributed by atoms with van der Waals surface area (Å²) in [4.78, 5) is 15.1. The smallest absolute Gasteiger partial charge is 0.360 e. The van der Waals surface area contributed by atoms with Crippen LogP contribution in [-0.4, -0.2) is 41.2 Å². The van der Waals surface area contributed by atoms with E-state index in [9.17, 15) is 10.0 Å². The first-order valence-electron chi connectivity index (χ1n) is 11.9. The summed E-state index contributed by atoms with van der Waals surface area (Å²) >= 11 is 0. The first kappa shape index (κ1) is 25.1. The molecule has 28 heavy (non-hydrogen) atoms. The molecule has 0 aromatic heterocycles. The van der Waals surface area contributed by atoms with Crippen LogP contribution in [-0.2, 0) is 4.79 Å². The predicted octanol–water partition coefficient (Wildman–Crippen LogP) is 6.45. The first-order chi connectivity index (χ1) is 13.6. The number of nitrogens with zero attached hydrogens (tertiary/aromatic N) is 2. The Labute approximate surface area is 172 Å². The van der Waals surface area contributed by atoms with Gasteiger partial charge in [0.2, 0.25) is 0 Å². The molecule has 1 aliphatic rings. The molecule has 1 heterocycles. The largest absolute Gasteiger partial charge is 0.626 e. The fourth-order valence-corrected chi connectivity index (χ4v) is 4.10. The number of unbranched alkanes of at least 4 members (excludes halogenated alkanes) is 15. The molecule has 5 nitrogen and oxygen atoms in total. The predicted molar refractivity (Wildman–Crippen MR) is 117 cm³/mol. The lowest BCUT2D eigenvalue weighted by Crippen LogP contribution is -2.48. The molecular weight excluding hydrogens is 352 g/mol. The van der Waals surface area contributed by atoms with Gasteiger partial charge in [0.05, 0.1) is 6.54 Å². The number of aliphatic carboxylic acids is 1. The average molecular weight is 397 g/mol. The van der Waals surface area contributed by atoms with Crippen molar-refractivity contribution < 1.29 is 14.5 Å². The summed E-state index contributed by atoms with van der Waals surface area (Å²) in [6, 6.07) is 0. The van der Waals surface area contributed by atoms with Crippen molar-refractivity contribution in [1.82, 2.24) is 0 Å². The minimum Gasteiger partial charge on any atom is -0.626 e. The Morgan fingerprint density at radius 1 is 0.857 bits per heavy atom. The van der Waals surface area contributed by atoms with Crippen LogP contribution in [0.15, 0.2) is 4.99 Å². The standard InChI is InChI=1S/C23H44N2O3/c1-2-3-4-5-6-7-8-9-10-11-12-13-14-15-16-17-18-22-24-19-20-25(22,28)21-23(26)27/h2-21H2,1H3,(H,26,27). The summed E-state index contributed by atoms with van der Waals surface area (Å²) < 4.78 is -0.728. The van der Waals surface area contributed by atoms with Crippen LogP contribution in [0.3, 0.4) is 0 Å². The molecule has 0 saturated carbocycles. The van der Waals surface area contributed by atoms with Crippen LogP contribution < -0.4 is 0 Å². The second-order valence-electron chi connectivity index (χ2n) is 8.52. The van der Waals surface area contributed by atoms with E-state index in [0.29, 0.717) is 25.3 Å². The van der Waals surface area contributed by atoms with E-state index in [-0.39, 0.29) is 6.54 Å². The molecule has 1 atom stereocenters. The molecule has 0 spiro atoms. The minimum absolute atomic E-state index is 0.292. The summed E-state index contributed by atoms with van der Waals surface area (Å²) in [6.45, 7) is 2.66. The third kappa shape index (κ3) is 11.8. The van der Waals surface area contributed by atoms with E-state index in [2.05, 4.69) is 11.9 Å². The van der Waals surface area contributed by atoms with E-state index in [0.717, 1.165) is 12.8 Å². The third-order valence-electron chi connectivity index (χ3n) is 5.87. The van der Waals surface area contributed by atoms with Crippen LogP contribution in [0.1, 0.15) is 116 Å². The van der Waals surface area contributed by atoms with E-state index < -0.39 is 10.6 Å². The zero-order chi connectivity index (χ0) is 20.5. The zero-order valence-corrected chi connectivity index (χ0v) is 18.3. The second-order valence-corrected chi connectivity index (χ2v) is 8.52. The highest BCUT2D eigenvalue weighted by molar-refractivity contribution is 5.80. The first-order valence-corrected chi connectivity index (χ1v) is 11.9. The lowest BCUT2D eigenvalue weighted by atomic mass is 10.0. The maximum absolute atomic E-state index is 12.5. The zero-order valence-electron chi connectivity index (χ0n) is 18.3. The van der Waals surface area contributed by atoms with Crippen molar-refractivity contribution in [2.24, 2.45) is 4.99 Å². The van der Waals surface area contributed by atoms with Crippen LogP contribution in [0.25, 0.3) is 0 Å². The molecule has 1 aliphatic heterocycles. The number of carboxylic acids is 1. The van der Waals surface area contributed by atoms with Gasteiger partial charge in [-0.2, -0.15) is 0 Å². The monoisotopic (exact) mass is 396 g/mol. The van der Waals surface area contributed by atoms with Crippen LogP contribution >= 0.6 is 0 Å². The Balaban J connectivity index is 1.85. The van der Waals surface area contributed by atoms with E-state index in [1.165, 1.54) is 89.9 Å². The highest BCUT2D eigenvalue weighted by Crippen LogP contribution is 2.19. The number of aliphatic imine (C=N–C) groups is 1. The van der Waals surface area contributed by atoms with Gasteiger partial charge < -0.3 is 15.0 Å². The van der Waals surface area contributed by atoms with Gasteiger partial charge in [0, 0.05) is 6.42 Å². The molecule has 164 valence electrons. The molecule has 0 aromatic rings. The Hall–Kier alpha value is -0.940. The van der Waals surface area contributed by atoms with Crippen molar-refractivity contribution in [2.75, 3.05) is 19.6 Å². The SMILES string of the molecule is CCCCCCCCCCCCCCCCCCC1=NCC[N+]1([O-])CC(=O)O. The van der Waals surface area contributed by atoms with Gasteiger partial charge in [-0.15, -0.1) is 0 Å². The summed E-state index contributed by atoms with van der Waals surface area (Å²) in [6.07, 6.45) is 21.9. The Morgan fingerprint density at radius 2 is 1.29 bits per heavy atom. The number of hydroxylamine groups is 3. The van der Waals surface area contributed by atoms with Crippen molar-refractivity contribution in [1.29, 1.82) is 0 Å². The molecule has 0 radical (unpaired) electrons. The number of amidine groups is 1. The van der Waals surface area contributed by atoms with Gasteiger partial charge in [-0.05, 0) is 6.42 Å². The fourth-order valence-electron chi connectivity index (χ4n) is 4.10. The highest BCUT2D eigenvalue weighted by atomic mass is 16.6. The molecule has 1 unspecified atom stereocenters. The van der Waals surface area contributed by atoms with Crippen LogP contribution in [0.4, 0.5) is 0 Å². The third-order valence-corrected chi connectivity index (χ3v) is 5.87. The highest BCUT2D eigenvalue weighted by Gasteiger charge is 2.31. The number of rotatable bonds is 19. The molecule has 0 amide bonds. The number of quaternary nitrogens is 1. The molecule has 0 aliphatic carbocycles. The number of carboxylic acid groups (broad SMARTS) is 1. The Bertz CT molecular complexity index is 440. The van der Waals surface area contributed by atoms with Crippen molar-refractivity contribution in [2.45, 2.75) is 116 Å². The average Bonchev–Trinajstić information content (AvgIpc) is 3.00. The van der Waals surface area contributed by atoms with Crippen molar-refractivity contribution in [3.05, 3.63) is 5.21 Å². The van der Waals surface area contributed by atoms with E-state index in [1.807, 2.05) is 0 Å². The molecule has 1 rings (SSSR count). The van der Waals surface area contributed by atoms with E-state index in [1.54, 1.807) is 0 Å². The molecule has 0 aromatic carbocycles. The molecule has 0 fully saturated rings. The summed E-state index contributed by atoms with van der Waals surface area (Å²) in [5.41, 5.74) is 0. The number of hydrogen-bond acceptors (Lipinski definition) is 3. The summed E-state index contributed by atoms with van der Waals surface area (Å²) in [7, 11) is 0. The summed E-state index contributed by atoms with van der Waals surface area (Å²) in [5, 5.41) is 21.4. The van der Waals surface area contributed by atoms with E-state index >= 15 is 0 Å². The number of hydrogen-bond donors (Lipinski definition) is 1. The van der Waals surface area contributed by atoms with Crippen molar-refractivity contribution in [3.63, 3.8) is 0 Å². The van der Waals surface area contributed by atoms with Crippen LogP contribution in [0.5, 0.6) is 0 Å². The van der Waals surface area contributed by atoms with Gasteiger partial charge >= 0.3 is 5.97 Å². The molecule has 0 bridgehead atoms. The van der Waals surface area contributed by atoms with Gasteiger partial charge in [-0.25, -0.2) is 9.79 Å². The van der Waals surface area contributed by atoms with Gasteiger partial charge in [-0.1, -0.05) is 103 Å². The lowest BCUT2D eigenvalue weighted by Gasteiger charge is -2.37. The molecule has 0 saturated heterocycles. The van der Waals surface area contributed by atoms with Crippen LogP contribution in [0, 0.1) is 5.21 Å². The second kappa shape index (κ2) is 15.9. The Kier molecular flexibility index (Phi) is 14.3. The maximum atomic E-state index is 12.5. The van der Waals surface area contributed by atoms with Crippen molar-refractivity contribution >= 4 is 11.8 Å².